The van der Waals surface area contributed by atoms with Gasteiger partial charge in [0.05, 0.1) is 7.11 Å². The second-order valence-electron chi connectivity index (χ2n) is 4.40. The summed E-state index contributed by atoms with van der Waals surface area (Å²) in [5.74, 6) is 0.701. The highest BCUT2D eigenvalue weighted by atomic mass is 16.5. The molecule has 2 aromatic carbocycles. The van der Waals surface area contributed by atoms with E-state index in [4.69, 9.17) is 9.47 Å². The zero-order valence-electron chi connectivity index (χ0n) is 11.5. The number of methoxy groups -OCH3 is 1. The van der Waals surface area contributed by atoms with Gasteiger partial charge in [0.2, 0.25) is 0 Å². The third-order valence-electron chi connectivity index (χ3n) is 3.01. The number of ether oxygens (including phenoxy) is 2. The van der Waals surface area contributed by atoms with Crippen molar-refractivity contribution in [3.8, 4) is 11.5 Å². The molecule has 0 aliphatic rings. The zero-order valence-corrected chi connectivity index (χ0v) is 11.5. The smallest absolute Gasteiger partial charge is 0.489 e. The molecule has 0 fully saturated rings. The van der Waals surface area contributed by atoms with E-state index in [1.165, 1.54) is 19.2 Å². The largest absolute Gasteiger partial charge is 0.493 e. The molecule has 6 heteroatoms. The summed E-state index contributed by atoms with van der Waals surface area (Å²) in [6.07, 6.45) is 0.545. The molecule has 0 heterocycles. The van der Waals surface area contributed by atoms with Gasteiger partial charge in [-0.05, 0) is 23.2 Å². The van der Waals surface area contributed by atoms with Gasteiger partial charge in [-0.3, -0.25) is 4.79 Å². The Hall–Kier alpha value is -2.31. The third kappa shape index (κ3) is 3.62. The lowest BCUT2D eigenvalue weighted by Gasteiger charge is -2.14. The van der Waals surface area contributed by atoms with Crippen LogP contribution in [-0.2, 0) is 6.61 Å². The van der Waals surface area contributed by atoms with Crippen molar-refractivity contribution in [1.29, 1.82) is 0 Å². The average molecular weight is 286 g/mol. The maximum atomic E-state index is 11.0. The quantitative estimate of drug-likeness (QED) is 0.606. The highest BCUT2D eigenvalue weighted by molar-refractivity contribution is 6.60. The summed E-state index contributed by atoms with van der Waals surface area (Å²) >= 11 is 0. The molecule has 2 N–H and O–H groups in total. The van der Waals surface area contributed by atoms with E-state index in [1.54, 1.807) is 0 Å². The van der Waals surface area contributed by atoms with E-state index in [0.29, 0.717) is 24.4 Å². The predicted molar refractivity (Wildman–Crippen MR) is 79.0 cm³/mol. The van der Waals surface area contributed by atoms with Gasteiger partial charge < -0.3 is 19.5 Å². The van der Waals surface area contributed by atoms with Crippen molar-refractivity contribution in [2.45, 2.75) is 6.61 Å². The van der Waals surface area contributed by atoms with Crippen molar-refractivity contribution in [3.05, 3.63) is 53.6 Å². The van der Waals surface area contributed by atoms with Crippen LogP contribution >= 0.6 is 0 Å². The molecule has 0 aromatic heterocycles. The van der Waals surface area contributed by atoms with Crippen LogP contribution < -0.4 is 14.9 Å². The number of aldehydes is 1. The first-order valence-electron chi connectivity index (χ1n) is 6.35. The maximum Gasteiger partial charge on any atom is 0.489 e. The molecule has 0 saturated heterocycles. The first kappa shape index (κ1) is 15.1. The summed E-state index contributed by atoms with van der Waals surface area (Å²) in [5.41, 5.74) is 1.20. The molecule has 0 aliphatic heterocycles. The Morgan fingerprint density at radius 1 is 1.14 bits per heavy atom. The van der Waals surface area contributed by atoms with Gasteiger partial charge in [-0.15, -0.1) is 0 Å². The third-order valence-corrected chi connectivity index (χ3v) is 3.01. The van der Waals surface area contributed by atoms with Crippen molar-refractivity contribution in [2.24, 2.45) is 0 Å². The Labute approximate surface area is 122 Å². The molecular formula is C15H15BO5. The predicted octanol–water partition coefficient (Wildman–Crippen LogP) is 0.766. The minimum Gasteiger partial charge on any atom is -0.493 e. The molecule has 0 saturated carbocycles. The van der Waals surface area contributed by atoms with Crippen LogP contribution in [0.1, 0.15) is 15.9 Å². The van der Waals surface area contributed by atoms with Gasteiger partial charge in [-0.25, -0.2) is 0 Å². The molecule has 0 unspecified atom stereocenters. The fraction of sp³-hybridized carbons (Fsp3) is 0.133. The van der Waals surface area contributed by atoms with Crippen LogP contribution in [0.2, 0.25) is 0 Å². The van der Waals surface area contributed by atoms with Gasteiger partial charge >= 0.3 is 7.12 Å². The molecule has 0 radical (unpaired) electrons. The summed E-state index contributed by atoms with van der Waals surface area (Å²) < 4.78 is 10.8. The van der Waals surface area contributed by atoms with Crippen molar-refractivity contribution in [2.75, 3.05) is 7.11 Å². The average Bonchev–Trinajstić information content (AvgIpc) is 2.52. The molecule has 2 aromatic rings. The Kier molecular flexibility index (Phi) is 4.97. The molecule has 108 valence electrons. The normalized spacial score (nSPS) is 10.0. The second kappa shape index (κ2) is 6.92. The molecule has 0 atom stereocenters. The highest BCUT2D eigenvalue weighted by Crippen LogP contribution is 2.27. The standard InChI is InChI=1S/C15H15BO5/c1-20-14-8-13(16(18)19)12(9-17)7-15(14)21-10-11-5-3-2-4-6-11/h2-9,18-19H,10H2,1H3. The monoisotopic (exact) mass is 286 g/mol. The number of carbonyl (C=O) groups is 1. The van der Waals surface area contributed by atoms with E-state index >= 15 is 0 Å². The first-order valence-corrected chi connectivity index (χ1v) is 6.35. The van der Waals surface area contributed by atoms with Crippen molar-refractivity contribution in [1.82, 2.24) is 0 Å². The van der Waals surface area contributed by atoms with Crippen LogP contribution in [0.4, 0.5) is 0 Å². The van der Waals surface area contributed by atoms with E-state index < -0.39 is 7.12 Å². The van der Waals surface area contributed by atoms with Crippen LogP contribution in [-0.4, -0.2) is 30.6 Å². The minimum absolute atomic E-state index is 0.0777. The van der Waals surface area contributed by atoms with Gasteiger partial charge in [0.25, 0.3) is 0 Å². The van der Waals surface area contributed by atoms with Gasteiger partial charge in [-0.1, -0.05) is 30.3 Å². The summed E-state index contributed by atoms with van der Waals surface area (Å²) in [6, 6.07) is 12.4. The summed E-state index contributed by atoms with van der Waals surface area (Å²) in [5, 5.41) is 18.5. The Morgan fingerprint density at radius 3 is 2.43 bits per heavy atom. The van der Waals surface area contributed by atoms with Crippen LogP contribution in [0.3, 0.4) is 0 Å². The maximum absolute atomic E-state index is 11.0. The minimum atomic E-state index is -1.75. The lowest BCUT2D eigenvalue weighted by Crippen LogP contribution is -2.33. The van der Waals surface area contributed by atoms with Gasteiger partial charge in [-0.2, -0.15) is 0 Å². The number of hydrogen-bond acceptors (Lipinski definition) is 5. The molecule has 21 heavy (non-hydrogen) atoms. The number of hydrogen-bond donors (Lipinski definition) is 2. The molecule has 0 spiro atoms. The van der Waals surface area contributed by atoms with Crippen LogP contribution in [0.15, 0.2) is 42.5 Å². The van der Waals surface area contributed by atoms with Crippen LogP contribution in [0.5, 0.6) is 11.5 Å². The lowest BCUT2D eigenvalue weighted by atomic mass is 9.77. The zero-order chi connectivity index (χ0) is 15.2. The van der Waals surface area contributed by atoms with E-state index in [1.807, 2.05) is 30.3 Å². The fourth-order valence-electron chi connectivity index (χ4n) is 1.92. The number of carbonyl (C=O) groups excluding carboxylic acids is 1. The van der Waals surface area contributed by atoms with Crippen molar-refractivity contribution in [3.63, 3.8) is 0 Å². The van der Waals surface area contributed by atoms with Crippen molar-refractivity contribution >= 4 is 18.9 Å². The Balaban J connectivity index is 2.28. The van der Waals surface area contributed by atoms with Gasteiger partial charge in [0.1, 0.15) is 12.9 Å². The molecule has 0 amide bonds. The highest BCUT2D eigenvalue weighted by Gasteiger charge is 2.20. The summed E-state index contributed by atoms with van der Waals surface area (Å²) in [6.45, 7) is 0.316. The Morgan fingerprint density at radius 2 is 1.86 bits per heavy atom. The SMILES string of the molecule is COc1cc(B(O)O)c(C=O)cc1OCc1ccccc1. The fourth-order valence-corrected chi connectivity index (χ4v) is 1.92. The van der Waals surface area contributed by atoms with Crippen molar-refractivity contribution < 1.29 is 24.3 Å². The van der Waals surface area contributed by atoms with Gasteiger partial charge in [0.15, 0.2) is 11.5 Å². The van der Waals surface area contributed by atoms with Crippen LogP contribution in [0, 0.1) is 0 Å². The second-order valence-corrected chi connectivity index (χ2v) is 4.40. The molecule has 0 aliphatic carbocycles. The number of benzene rings is 2. The summed E-state index contributed by atoms with van der Waals surface area (Å²) in [4.78, 5) is 11.0. The molecular weight excluding hydrogens is 271 g/mol. The summed E-state index contributed by atoms with van der Waals surface area (Å²) in [7, 11) is -0.305. The van der Waals surface area contributed by atoms with Gasteiger partial charge in [0, 0.05) is 5.56 Å². The van der Waals surface area contributed by atoms with Crippen LogP contribution in [0.25, 0.3) is 0 Å². The molecule has 5 nitrogen and oxygen atoms in total. The Bertz CT molecular complexity index is 613. The van der Waals surface area contributed by atoms with E-state index in [9.17, 15) is 14.8 Å². The number of rotatable bonds is 6. The molecule has 2 rings (SSSR count). The first-order chi connectivity index (χ1) is 10.2. The van der Waals surface area contributed by atoms with E-state index in [2.05, 4.69) is 0 Å². The molecule has 0 bridgehead atoms. The van der Waals surface area contributed by atoms with E-state index in [-0.39, 0.29) is 11.0 Å². The topological polar surface area (TPSA) is 76.0 Å². The van der Waals surface area contributed by atoms with E-state index in [0.717, 1.165) is 5.56 Å². The lowest BCUT2D eigenvalue weighted by molar-refractivity contribution is 0.112.